The predicted octanol–water partition coefficient (Wildman–Crippen LogP) is 1.38. The maximum absolute atomic E-state index is 12.5. The minimum absolute atomic E-state index is 0.103. The van der Waals surface area contributed by atoms with E-state index in [2.05, 4.69) is 16.9 Å². The molecule has 1 aliphatic heterocycles. The molecule has 1 aliphatic rings. The number of aromatic nitrogens is 1. The smallest absolute Gasteiger partial charge is 0.244 e. The summed E-state index contributed by atoms with van der Waals surface area (Å²) < 4.78 is 32.0. The molecule has 1 aromatic carbocycles. The minimum atomic E-state index is -3.62. The Bertz CT molecular complexity index is 892. The lowest BCUT2D eigenvalue weighted by Crippen LogP contribution is -2.60. The van der Waals surface area contributed by atoms with Gasteiger partial charge in [0, 0.05) is 25.6 Å². The maximum atomic E-state index is 12.5. The van der Waals surface area contributed by atoms with Crippen LogP contribution in [0.3, 0.4) is 0 Å². The Labute approximate surface area is 158 Å². The number of hydrogen-bond donors (Lipinski definition) is 1. The van der Waals surface area contributed by atoms with Crippen LogP contribution in [0.15, 0.2) is 66.2 Å². The zero-order valence-corrected chi connectivity index (χ0v) is 15.6. The van der Waals surface area contributed by atoms with Gasteiger partial charge in [0.1, 0.15) is 4.90 Å². The van der Waals surface area contributed by atoms with Gasteiger partial charge in [-0.15, -0.1) is 0 Å². The van der Waals surface area contributed by atoms with Gasteiger partial charge in [-0.1, -0.05) is 36.9 Å². The molecule has 1 N–H and O–H groups in total. The van der Waals surface area contributed by atoms with Crippen LogP contribution >= 0.6 is 0 Å². The lowest BCUT2D eigenvalue weighted by Gasteiger charge is -2.38. The first kappa shape index (κ1) is 19.1. The SMILES string of the molecule is C=CC(=O)NC1CN(S(=O)(=O)c2ccc(OCCc3ccccc3)nc2)C1. The van der Waals surface area contributed by atoms with Crippen LogP contribution in [0.2, 0.25) is 0 Å². The number of rotatable bonds is 8. The number of pyridine rings is 1. The van der Waals surface area contributed by atoms with Gasteiger partial charge in [0.05, 0.1) is 18.8 Å². The molecule has 1 saturated heterocycles. The number of carbonyl (C=O) groups excluding carboxylic acids is 1. The van der Waals surface area contributed by atoms with E-state index in [0.717, 1.165) is 18.1 Å². The van der Waals surface area contributed by atoms with Crippen molar-refractivity contribution in [3.05, 3.63) is 66.9 Å². The van der Waals surface area contributed by atoms with Crippen LogP contribution in [-0.4, -0.2) is 49.4 Å². The van der Waals surface area contributed by atoms with Crippen molar-refractivity contribution >= 4 is 15.9 Å². The zero-order valence-electron chi connectivity index (χ0n) is 14.7. The number of ether oxygens (including phenoxy) is 1. The van der Waals surface area contributed by atoms with Gasteiger partial charge < -0.3 is 10.1 Å². The summed E-state index contributed by atoms with van der Waals surface area (Å²) in [4.78, 5) is 15.4. The molecule has 0 unspecified atom stereocenters. The fraction of sp³-hybridized carbons (Fsp3) is 0.263. The summed E-state index contributed by atoms with van der Waals surface area (Å²) in [5.74, 6) is 0.0698. The highest BCUT2D eigenvalue weighted by Gasteiger charge is 2.37. The number of sulfonamides is 1. The molecule has 0 spiro atoms. The number of carbonyl (C=O) groups is 1. The summed E-state index contributed by atoms with van der Waals surface area (Å²) in [6, 6.07) is 12.8. The molecule has 8 heteroatoms. The van der Waals surface area contributed by atoms with E-state index in [1.54, 1.807) is 6.07 Å². The van der Waals surface area contributed by atoms with Gasteiger partial charge >= 0.3 is 0 Å². The molecule has 2 aromatic rings. The van der Waals surface area contributed by atoms with Crippen molar-refractivity contribution in [3.63, 3.8) is 0 Å². The number of amides is 1. The molecule has 7 nitrogen and oxygen atoms in total. The Hall–Kier alpha value is -2.71. The summed E-state index contributed by atoms with van der Waals surface area (Å²) in [6.45, 7) is 4.30. The van der Waals surface area contributed by atoms with E-state index in [-0.39, 0.29) is 29.9 Å². The van der Waals surface area contributed by atoms with Crippen LogP contribution in [-0.2, 0) is 21.2 Å². The van der Waals surface area contributed by atoms with E-state index in [1.807, 2.05) is 30.3 Å². The number of nitrogens with zero attached hydrogens (tertiary/aromatic N) is 2. The first-order valence-electron chi connectivity index (χ1n) is 8.55. The molecule has 142 valence electrons. The fourth-order valence-corrected chi connectivity index (χ4v) is 4.13. The highest BCUT2D eigenvalue weighted by atomic mass is 32.2. The van der Waals surface area contributed by atoms with E-state index in [9.17, 15) is 13.2 Å². The number of benzene rings is 1. The van der Waals surface area contributed by atoms with Crippen LogP contribution in [0.1, 0.15) is 5.56 Å². The van der Waals surface area contributed by atoms with Crippen LogP contribution < -0.4 is 10.1 Å². The monoisotopic (exact) mass is 387 g/mol. The second-order valence-corrected chi connectivity index (χ2v) is 8.09. The van der Waals surface area contributed by atoms with E-state index in [0.29, 0.717) is 12.5 Å². The Kier molecular flexibility index (Phi) is 5.88. The van der Waals surface area contributed by atoms with E-state index >= 15 is 0 Å². The molecule has 0 saturated carbocycles. The molecule has 1 fully saturated rings. The predicted molar refractivity (Wildman–Crippen MR) is 101 cm³/mol. The van der Waals surface area contributed by atoms with E-state index in [4.69, 9.17) is 4.74 Å². The van der Waals surface area contributed by atoms with Crippen molar-refractivity contribution in [2.24, 2.45) is 0 Å². The molecular weight excluding hydrogens is 366 g/mol. The summed E-state index contributed by atoms with van der Waals surface area (Å²) in [7, 11) is -3.62. The average molecular weight is 387 g/mol. The third kappa shape index (κ3) is 4.72. The average Bonchev–Trinajstić information content (AvgIpc) is 2.65. The first-order chi connectivity index (χ1) is 13.0. The van der Waals surface area contributed by atoms with Gasteiger partial charge in [-0.25, -0.2) is 13.4 Å². The summed E-state index contributed by atoms with van der Waals surface area (Å²) >= 11 is 0. The van der Waals surface area contributed by atoms with Crippen molar-refractivity contribution in [2.45, 2.75) is 17.4 Å². The molecule has 0 atom stereocenters. The molecule has 3 rings (SSSR count). The first-order valence-corrected chi connectivity index (χ1v) is 9.99. The summed E-state index contributed by atoms with van der Waals surface area (Å²) in [5.41, 5.74) is 1.16. The Morgan fingerprint density at radius 2 is 2.00 bits per heavy atom. The van der Waals surface area contributed by atoms with Gasteiger partial charge in [0.15, 0.2) is 0 Å². The van der Waals surface area contributed by atoms with Crippen LogP contribution in [0.5, 0.6) is 5.88 Å². The molecule has 1 aromatic heterocycles. The molecule has 1 amide bonds. The topological polar surface area (TPSA) is 88.6 Å². The van der Waals surface area contributed by atoms with Gasteiger partial charge in [-0.3, -0.25) is 4.79 Å². The van der Waals surface area contributed by atoms with Crippen molar-refractivity contribution in [1.29, 1.82) is 0 Å². The van der Waals surface area contributed by atoms with Crippen molar-refractivity contribution in [2.75, 3.05) is 19.7 Å². The van der Waals surface area contributed by atoms with Crippen LogP contribution in [0.4, 0.5) is 0 Å². The normalized spacial score (nSPS) is 15.0. The lowest BCUT2D eigenvalue weighted by molar-refractivity contribution is -0.117. The van der Waals surface area contributed by atoms with Crippen molar-refractivity contribution < 1.29 is 17.9 Å². The minimum Gasteiger partial charge on any atom is -0.477 e. The highest BCUT2D eigenvalue weighted by Crippen LogP contribution is 2.22. The zero-order chi connectivity index (χ0) is 19.3. The van der Waals surface area contributed by atoms with Crippen molar-refractivity contribution in [3.8, 4) is 5.88 Å². The fourth-order valence-electron chi connectivity index (χ4n) is 2.66. The van der Waals surface area contributed by atoms with Gasteiger partial charge in [0.2, 0.25) is 21.8 Å². The Morgan fingerprint density at radius 1 is 1.26 bits per heavy atom. The third-order valence-electron chi connectivity index (χ3n) is 4.21. The molecule has 2 heterocycles. The number of hydrogen-bond acceptors (Lipinski definition) is 5. The number of nitrogens with one attached hydrogen (secondary N) is 1. The largest absolute Gasteiger partial charge is 0.477 e. The summed E-state index contributed by atoms with van der Waals surface area (Å²) in [5, 5.41) is 2.67. The molecule has 0 bridgehead atoms. The second-order valence-electron chi connectivity index (χ2n) is 6.15. The van der Waals surface area contributed by atoms with Gasteiger partial charge in [0.25, 0.3) is 0 Å². The molecule has 0 aliphatic carbocycles. The Balaban J connectivity index is 1.52. The standard InChI is InChI=1S/C19H21N3O4S/c1-2-18(23)21-16-13-22(14-16)27(24,25)17-8-9-19(20-12-17)26-11-10-15-6-4-3-5-7-15/h2-9,12,16H,1,10-11,13-14H2,(H,21,23). The summed E-state index contributed by atoms with van der Waals surface area (Å²) in [6.07, 6.45) is 3.20. The van der Waals surface area contributed by atoms with E-state index < -0.39 is 10.0 Å². The van der Waals surface area contributed by atoms with Crippen LogP contribution in [0.25, 0.3) is 0 Å². The lowest BCUT2D eigenvalue weighted by atomic mass is 10.2. The molecular formula is C19H21N3O4S. The second kappa shape index (κ2) is 8.32. The van der Waals surface area contributed by atoms with Crippen molar-refractivity contribution in [1.82, 2.24) is 14.6 Å². The maximum Gasteiger partial charge on any atom is 0.244 e. The van der Waals surface area contributed by atoms with Crippen LogP contribution in [0, 0.1) is 0 Å². The van der Waals surface area contributed by atoms with E-state index in [1.165, 1.54) is 16.6 Å². The highest BCUT2D eigenvalue weighted by molar-refractivity contribution is 7.89. The Morgan fingerprint density at radius 3 is 2.63 bits per heavy atom. The quantitative estimate of drug-likeness (QED) is 0.692. The third-order valence-corrected chi connectivity index (χ3v) is 6.03. The van der Waals surface area contributed by atoms with Gasteiger partial charge in [-0.05, 0) is 17.7 Å². The molecule has 0 radical (unpaired) electrons. The molecule has 27 heavy (non-hydrogen) atoms. The van der Waals surface area contributed by atoms with Gasteiger partial charge in [-0.2, -0.15) is 4.31 Å².